The Morgan fingerprint density at radius 1 is 1.16 bits per heavy atom. The fourth-order valence-corrected chi connectivity index (χ4v) is 2.81. The lowest BCUT2D eigenvalue weighted by molar-refractivity contribution is 0.187. The number of hydrogen-bond donors (Lipinski definition) is 0. The van der Waals surface area contributed by atoms with Crippen LogP contribution in [0.2, 0.25) is 0 Å². The highest BCUT2D eigenvalue weighted by Crippen LogP contribution is 2.21. The van der Waals surface area contributed by atoms with Crippen molar-refractivity contribution in [3.05, 3.63) is 60.7 Å². The number of rotatable bonds is 6. The molecule has 1 heterocycles. The van der Waals surface area contributed by atoms with Crippen LogP contribution in [-0.2, 0) is 6.42 Å². The first kappa shape index (κ1) is 14.1. The van der Waals surface area contributed by atoms with Gasteiger partial charge in [-0.05, 0) is 50.3 Å². The summed E-state index contributed by atoms with van der Waals surface area (Å²) in [6.07, 6.45) is 11.2. The van der Waals surface area contributed by atoms with Gasteiger partial charge in [-0.2, -0.15) is 0 Å². The third kappa shape index (κ3) is 5.04. The molecule has 1 heteroatoms. The van der Waals surface area contributed by atoms with Gasteiger partial charge in [0, 0.05) is 6.54 Å². The van der Waals surface area contributed by atoms with Crippen LogP contribution in [0.1, 0.15) is 24.8 Å². The quantitative estimate of drug-likeness (QED) is 0.693. The summed E-state index contributed by atoms with van der Waals surface area (Å²) in [5, 5.41) is 0. The summed E-state index contributed by atoms with van der Waals surface area (Å²) < 4.78 is 0. The van der Waals surface area contributed by atoms with E-state index >= 15 is 0 Å². The highest BCUT2D eigenvalue weighted by Gasteiger charge is 2.18. The summed E-state index contributed by atoms with van der Waals surface area (Å²) in [4.78, 5) is 2.59. The maximum atomic E-state index is 3.69. The van der Waals surface area contributed by atoms with Crippen molar-refractivity contribution >= 4 is 0 Å². The van der Waals surface area contributed by atoms with Gasteiger partial charge in [-0.15, -0.1) is 0 Å². The number of likely N-dealkylation sites (tertiary alicyclic amines) is 1. The van der Waals surface area contributed by atoms with Crippen molar-refractivity contribution in [2.75, 3.05) is 19.6 Å². The molecule has 0 unspecified atom stereocenters. The summed E-state index contributed by atoms with van der Waals surface area (Å²) in [6.45, 7) is 7.42. The first-order chi connectivity index (χ1) is 9.38. The van der Waals surface area contributed by atoms with E-state index in [9.17, 15) is 0 Å². The van der Waals surface area contributed by atoms with Crippen LogP contribution in [0.4, 0.5) is 0 Å². The van der Waals surface area contributed by atoms with Crippen LogP contribution < -0.4 is 0 Å². The minimum absolute atomic E-state index is 0.877. The lowest BCUT2D eigenvalue weighted by atomic mass is 9.90. The molecule has 0 radical (unpaired) electrons. The standard InChI is InChI=1S/C18H25N/c1-2-3-4-8-13-19-14-11-18(12-15-19)16-17-9-6-5-7-10-17/h2-7,9-10,18H,1,8,11-16H2. The second-order valence-corrected chi connectivity index (χ2v) is 5.43. The molecule has 1 fully saturated rings. The Kier molecular flexibility index (Phi) is 5.90. The molecular formula is C18H25N. The maximum Gasteiger partial charge on any atom is 0.00160 e. The number of piperidine rings is 1. The van der Waals surface area contributed by atoms with Gasteiger partial charge in [-0.3, -0.25) is 0 Å². The third-order valence-corrected chi connectivity index (χ3v) is 3.96. The highest BCUT2D eigenvalue weighted by atomic mass is 15.1. The van der Waals surface area contributed by atoms with E-state index in [1.54, 1.807) is 0 Å². The molecule has 0 atom stereocenters. The van der Waals surface area contributed by atoms with E-state index in [4.69, 9.17) is 0 Å². The van der Waals surface area contributed by atoms with E-state index < -0.39 is 0 Å². The van der Waals surface area contributed by atoms with Crippen molar-refractivity contribution < 1.29 is 0 Å². The average molecular weight is 255 g/mol. The predicted octanol–water partition coefficient (Wildman–Crippen LogP) is 4.07. The molecule has 0 aliphatic carbocycles. The second kappa shape index (κ2) is 7.96. The first-order valence-electron chi connectivity index (χ1n) is 7.42. The molecule has 0 bridgehead atoms. The maximum absolute atomic E-state index is 3.69. The molecule has 102 valence electrons. The summed E-state index contributed by atoms with van der Waals surface area (Å²) in [6, 6.07) is 10.9. The molecule has 2 rings (SSSR count). The van der Waals surface area contributed by atoms with Gasteiger partial charge in [-0.25, -0.2) is 0 Å². The summed E-state index contributed by atoms with van der Waals surface area (Å²) in [7, 11) is 0. The molecule has 1 nitrogen and oxygen atoms in total. The van der Waals surface area contributed by atoms with Gasteiger partial charge in [0.1, 0.15) is 0 Å². The Morgan fingerprint density at radius 2 is 1.89 bits per heavy atom. The predicted molar refractivity (Wildman–Crippen MR) is 83.3 cm³/mol. The Hall–Kier alpha value is -1.34. The first-order valence-corrected chi connectivity index (χ1v) is 7.42. The van der Waals surface area contributed by atoms with Crippen molar-refractivity contribution in [3.8, 4) is 0 Å². The van der Waals surface area contributed by atoms with Gasteiger partial charge in [0.25, 0.3) is 0 Å². The smallest absolute Gasteiger partial charge is 0.00160 e. The van der Waals surface area contributed by atoms with Crippen LogP contribution >= 0.6 is 0 Å². The topological polar surface area (TPSA) is 3.24 Å². The van der Waals surface area contributed by atoms with Crippen molar-refractivity contribution in [1.29, 1.82) is 0 Å². The average Bonchev–Trinajstić information content (AvgIpc) is 2.46. The van der Waals surface area contributed by atoms with Crippen LogP contribution in [0.15, 0.2) is 55.1 Å². The lowest BCUT2D eigenvalue weighted by Crippen LogP contribution is -2.34. The molecule has 1 aromatic rings. The van der Waals surface area contributed by atoms with Crippen LogP contribution in [-0.4, -0.2) is 24.5 Å². The molecule has 1 aromatic carbocycles. The van der Waals surface area contributed by atoms with E-state index in [1.807, 2.05) is 12.2 Å². The fraction of sp³-hybridized carbons (Fsp3) is 0.444. The minimum Gasteiger partial charge on any atom is -0.303 e. The molecule has 0 saturated carbocycles. The van der Waals surface area contributed by atoms with Gasteiger partial charge >= 0.3 is 0 Å². The monoisotopic (exact) mass is 255 g/mol. The van der Waals surface area contributed by atoms with Crippen LogP contribution in [0, 0.1) is 5.92 Å². The molecule has 0 amide bonds. The number of allylic oxidation sites excluding steroid dienone is 2. The van der Waals surface area contributed by atoms with E-state index in [0.29, 0.717) is 0 Å². The van der Waals surface area contributed by atoms with Crippen molar-refractivity contribution in [3.63, 3.8) is 0 Å². The van der Waals surface area contributed by atoms with Crippen molar-refractivity contribution in [1.82, 2.24) is 4.90 Å². The molecular weight excluding hydrogens is 230 g/mol. The molecule has 0 N–H and O–H groups in total. The zero-order valence-electron chi connectivity index (χ0n) is 11.8. The van der Waals surface area contributed by atoms with Gasteiger partial charge in [0.05, 0.1) is 0 Å². The van der Waals surface area contributed by atoms with E-state index in [1.165, 1.54) is 44.5 Å². The molecule has 19 heavy (non-hydrogen) atoms. The number of benzene rings is 1. The molecule has 0 aromatic heterocycles. The molecule has 1 aliphatic rings. The van der Waals surface area contributed by atoms with Crippen molar-refractivity contribution in [2.24, 2.45) is 5.92 Å². The Labute approximate surface area is 117 Å². The Morgan fingerprint density at radius 3 is 2.58 bits per heavy atom. The molecule has 1 saturated heterocycles. The zero-order valence-corrected chi connectivity index (χ0v) is 11.8. The SMILES string of the molecule is C=CC=CCCN1CCC(Cc2ccccc2)CC1. The van der Waals surface area contributed by atoms with Crippen LogP contribution in [0.25, 0.3) is 0 Å². The third-order valence-electron chi connectivity index (χ3n) is 3.96. The van der Waals surface area contributed by atoms with Gasteiger partial charge in [0.2, 0.25) is 0 Å². The fourth-order valence-electron chi connectivity index (χ4n) is 2.81. The summed E-state index contributed by atoms with van der Waals surface area (Å²) in [5.74, 6) is 0.877. The van der Waals surface area contributed by atoms with Gasteiger partial charge in [-0.1, -0.05) is 55.1 Å². The zero-order chi connectivity index (χ0) is 13.3. The van der Waals surface area contributed by atoms with E-state index in [-0.39, 0.29) is 0 Å². The largest absolute Gasteiger partial charge is 0.303 e. The number of nitrogens with zero attached hydrogens (tertiary/aromatic N) is 1. The summed E-state index contributed by atoms with van der Waals surface area (Å²) in [5.41, 5.74) is 1.50. The van der Waals surface area contributed by atoms with Gasteiger partial charge < -0.3 is 4.90 Å². The van der Waals surface area contributed by atoms with Crippen LogP contribution in [0.3, 0.4) is 0 Å². The highest BCUT2D eigenvalue weighted by molar-refractivity contribution is 5.15. The van der Waals surface area contributed by atoms with E-state index in [0.717, 1.165) is 12.3 Å². The normalized spacial score (nSPS) is 17.9. The molecule has 1 aliphatic heterocycles. The lowest BCUT2D eigenvalue weighted by Gasteiger charge is -2.31. The molecule has 0 spiro atoms. The van der Waals surface area contributed by atoms with Crippen LogP contribution in [0.5, 0.6) is 0 Å². The minimum atomic E-state index is 0.877. The van der Waals surface area contributed by atoms with Gasteiger partial charge in [0.15, 0.2) is 0 Å². The second-order valence-electron chi connectivity index (χ2n) is 5.43. The van der Waals surface area contributed by atoms with Crippen molar-refractivity contribution in [2.45, 2.75) is 25.7 Å². The number of hydrogen-bond acceptors (Lipinski definition) is 1. The Bertz CT molecular complexity index is 385. The Balaban J connectivity index is 1.68. The summed E-state index contributed by atoms with van der Waals surface area (Å²) >= 11 is 0. The van der Waals surface area contributed by atoms with E-state index in [2.05, 4.69) is 47.9 Å².